The molecule has 8 nitrogen and oxygen atoms in total. The molecular weight excluding hydrogens is 400 g/mol. The number of hydrogen-bond donors (Lipinski definition) is 2. The predicted octanol–water partition coefficient (Wildman–Crippen LogP) is 4.67. The molecule has 0 aromatic rings. The van der Waals surface area contributed by atoms with Gasteiger partial charge in [0.1, 0.15) is 0 Å². The molecule has 0 aliphatic rings. The van der Waals surface area contributed by atoms with E-state index in [-0.39, 0.29) is 6.61 Å². The van der Waals surface area contributed by atoms with Crippen molar-refractivity contribution in [3.05, 3.63) is 0 Å². The highest BCUT2D eigenvalue weighted by Gasteiger charge is 2.28. The third-order valence-corrected chi connectivity index (χ3v) is 5.10. The Morgan fingerprint density at radius 2 is 1.21 bits per heavy atom. The van der Waals surface area contributed by atoms with E-state index in [1.165, 1.54) is 64.2 Å². The molecular formula is C20H38O8S. The summed E-state index contributed by atoms with van der Waals surface area (Å²) >= 11 is 0. The van der Waals surface area contributed by atoms with Gasteiger partial charge in [-0.1, -0.05) is 90.4 Å². The number of unbranched alkanes of at least 4 members (excludes halogenated alkanes) is 13. The Balaban J connectivity index is 3.51. The third kappa shape index (κ3) is 19.9. The van der Waals surface area contributed by atoms with Crippen LogP contribution in [-0.2, 0) is 28.9 Å². The maximum atomic E-state index is 11.5. The van der Waals surface area contributed by atoms with E-state index in [4.69, 9.17) is 14.4 Å². The molecule has 0 radical (unpaired) electrons. The summed E-state index contributed by atoms with van der Waals surface area (Å²) in [6.45, 7) is 2.38. The van der Waals surface area contributed by atoms with Crippen LogP contribution in [0.25, 0.3) is 0 Å². The van der Waals surface area contributed by atoms with Gasteiger partial charge in [-0.15, -0.1) is 0 Å². The van der Waals surface area contributed by atoms with Gasteiger partial charge in [0.2, 0.25) is 0 Å². The zero-order valence-corrected chi connectivity index (χ0v) is 18.5. The molecule has 9 heteroatoms. The van der Waals surface area contributed by atoms with Crippen LogP contribution >= 0.6 is 0 Å². The summed E-state index contributed by atoms with van der Waals surface area (Å²) in [5.41, 5.74) is 0. The maximum Gasteiger partial charge on any atom is 0.398 e. The first-order valence-corrected chi connectivity index (χ1v) is 12.2. The standard InChI is InChI=1S/C20H38O8S/c1-2-3-4-5-6-7-8-9-10-11-12-13-14-15-16-27-19(21)17-18(20(22)23)28-29(24,25)26/h18H,2-17H2,1H3,(H,22,23)(H,24,25,26). The molecule has 2 N–H and O–H groups in total. The van der Waals surface area contributed by atoms with E-state index in [1.54, 1.807) is 0 Å². The van der Waals surface area contributed by atoms with Crippen molar-refractivity contribution >= 4 is 22.3 Å². The lowest BCUT2D eigenvalue weighted by atomic mass is 10.0. The number of carbonyl (C=O) groups excluding carboxylic acids is 1. The van der Waals surface area contributed by atoms with Crippen molar-refractivity contribution < 1.29 is 36.6 Å². The average Bonchev–Trinajstić information content (AvgIpc) is 2.63. The topological polar surface area (TPSA) is 127 Å². The molecule has 0 rings (SSSR count). The van der Waals surface area contributed by atoms with Gasteiger partial charge in [-0.05, 0) is 6.42 Å². The normalized spacial score (nSPS) is 12.6. The second kappa shape index (κ2) is 17.7. The summed E-state index contributed by atoms with van der Waals surface area (Å²) in [6, 6.07) is 0. The summed E-state index contributed by atoms with van der Waals surface area (Å²) in [5, 5.41) is 8.78. The van der Waals surface area contributed by atoms with E-state index in [1.807, 2.05) is 0 Å². The molecule has 0 aliphatic heterocycles. The van der Waals surface area contributed by atoms with E-state index in [0.717, 1.165) is 19.3 Å². The quantitative estimate of drug-likeness (QED) is 0.159. The molecule has 0 spiro atoms. The molecule has 0 saturated heterocycles. The zero-order valence-electron chi connectivity index (χ0n) is 17.6. The third-order valence-electron chi connectivity index (χ3n) is 4.63. The Labute approximate surface area is 175 Å². The lowest BCUT2D eigenvalue weighted by Crippen LogP contribution is -2.30. The molecule has 0 aromatic heterocycles. The number of carbonyl (C=O) groups is 2. The number of carboxylic acid groups (broad SMARTS) is 1. The SMILES string of the molecule is CCCCCCCCCCCCCCCCOC(=O)CC(OS(=O)(=O)O)C(=O)O. The van der Waals surface area contributed by atoms with Crippen LogP contribution in [-0.4, -0.2) is 42.7 Å². The van der Waals surface area contributed by atoms with Gasteiger partial charge in [-0.25, -0.2) is 8.98 Å². The highest BCUT2D eigenvalue weighted by Crippen LogP contribution is 2.13. The fourth-order valence-corrected chi connectivity index (χ4v) is 3.45. The molecule has 0 amide bonds. The van der Waals surface area contributed by atoms with Gasteiger partial charge in [-0.3, -0.25) is 9.35 Å². The van der Waals surface area contributed by atoms with Crippen LogP contribution in [0.2, 0.25) is 0 Å². The first-order valence-electron chi connectivity index (χ1n) is 10.8. The summed E-state index contributed by atoms with van der Waals surface area (Å²) in [7, 11) is -4.95. The Morgan fingerprint density at radius 3 is 1.59 bits per heavy atom. The minimum absolute atomic E-state index is 0.148. The maximum absolute atomic E-state index is 11.5. The van der Waals surface area contributed by atoms with Gasteiger partial charge in [0.15, 0.2) is 6.10 Å². The van der Waals surface area contributed by atoms with Gasteiger partial charge in [0, 0.05) is 0 Å². The summed E-state index contributed by atoms with van der Waals surface area (Å²) in [6.07, 6.45) is 14.2. The van der Waals surface area contributed by atoms with Crippen LogP contribution in [0.5, 0.6) is 0 Å². The van der Waals surface area contributed by atoms with Crippen molar-refractivity contribution in [3.8, 4) is 0 Å². The average molecular weight is 439 g/mol. The Morgan fingerprint density at radius 1 is 0.793 bits per heavy atom. The Bertz CT molecular complexity index is 533. The summed E-state index contributed by atoms with van der Waals surface area (Å²) < 4.78 is 38.4. The summed E-state index contributed by atoms with van der Waals surface area (Å²) in [5.74, 6) is -2.55. The first-order chi connectivity index (χ1) is 13.8. The molecule has 0 fully saturated rings. The van der Waals surface area contributed by atoms with Gasteiger partial charge in [0.25, 0.3) is 0 Å². The van der Waals surface area contributed by atoms with Crippen molar-refractivity contribution in [3.63, 3.8) is 0 Å². The molecule has 0 bridgehead atoms. The number of ether oxygens (including phenoxy) is 1. The monoisotopic (exact) mass is 438 g/mol. The van der Waals surface area contributed by atoms with E-state index in [2.05, 4.69) is 11.1 Å². The first kappa shape index (κ1) is 27.8. The van der Waals surface area contributed by atoms with Crippen LogP contribution < -0.4 is 0 Å². The number of esters is 1. The Kier molecular flexibility index (Phi) is 16.9. The van der Waals surface area contributed by atoms with Gasteiger partial charge >= 0.3 is 22.3 Å². The van der Waals surface area contributed by atoms with Crippen molar-refractivity contribution in [2.24, 2.45) is 0 Å². The van der Waals surface area contributed by atoms with E-state index >= 15 is 0 Å². The zero-order chi connectivity index (χ0) is 22.0. The van der Waals surface area contributed by atoms with E-state index in [9.17, 15) is 18.0 Å². The van der Waals surface area contributed by atoms with Crippen LogP contribution in [0.15, 0.2) is 0 Å². The fraction of sp³-hybridized carbons (Fsp3) is 0.900. The number of aliphatic carboxylic acids is 1. The predicted molar refractivity (Wildman–Crippen MR) is 110 cm³/mol. The minimum atomic E-state index is -4.95. The van der Waals surface area contributed by atoms with Crippen molar-refractivity contribution in [2.75, 3.05) is 6.61 Å². The number of carboxylic acids is 1. The van der Waals surface area contributed by atoms with Crippen LogP contribution in [0.3, 0.4) is 0 Å². The number of rotatable bonds is 20. The second-order valence-corrected chi connectivity index (χ2v) is 8.42. The van der Waals surface area contributed by atoms with Gasteiger partial charge in [0.05, 0.1) is 13.0 Å². The lowest BCUT2D eigenvalue weighted by molar-refractivity contribution is -0.154. The van der Waals surface area contributed by atoms with E-state index < -0.39 is 34.9 Å². The lowest BCUT2D eigenvalue weighted by Gasteiger charge is -2.10. The fourth-order valence-electron chi connectivity index (χ4n) is 3.00. The summed E-state index contributed by atoms with van der Waals surface area (Å²) in [4.78, 5) is 22.4. The largest absolute Gasteiger partial charge is 0.479 e. The van der Waals surface area contributed by atoms with Crippen LogP contribution in [0, 0.1) is 0 Å². The van der Waals surface area contributed by atoms with Crippen molar-refractivity contribution in [1.29, 1.82) is 0 Å². The molecule has 29 heavy (non-hydrogen) atoms. The second-order valence-electron chi connectivity index (χ2n) is 7.37. The highest BCUT2D eigenvalue weighted by atomic mass is 32.3. The van der Waals surface area contributed by atoms with Crippen LogP contribution in [0.1, 0.15) is 103 Å². The highest BCUT2D eigenvalue weighted by molar-refractivity contribution is 7.80. The van der Waals surface area contributed by atoms with Gasteiger partial charge < -0.3 is 9.84 Å². The Hall–Kier alpha value is -1.19. The van der Waals surface area contributed by atoms with Crippen molar-refractivity contribution in [1.82, 2.24) is 0 Å². The van der Waals surface area contributed by atoms with E-state index in [0.29, 0.717) is 6.42 Å². The smallest absolute Gasteiger partial charge is 0.398 e. The molecule has 0 saturated carbocycles. The molecule has 0 aromatic carbocycles. The van der Waals surface area contributed by atoms with Crippen LogP contribution in [0.4, 0.5) is 0 Å². The molecule has 0 aliphatic carbocycles. The van der Waals surface area contributed by atoms with Crippen molar-refractivity contribution in [2.45, 2.75) is 109 Å². The molecule has 1 unspecified atom stereocenters. The minimum Gasteiger partial charge on any atom is -0.479 e. The molecule has 1 atom stereocenters. The van der Waals surface area contributed by atoms with Gasteiger partial charge in [-0.2, -0.15) is 8.42 Å². The molecule has 0 heterocycles. The number of hydrogen-bond acceptors (Lipinski definition) is 6. The molecule has 172 valence electrons.